The molecule has 1 N–H and O–H groups in total. The largest absolute Gasteiger partial charge is 0.345 e. The van der Waals surface area contributed by atoms with Gasteiger partial charge in [0.1, 0.15) is 5.82 Å². The molecule has 2 aliphatic rings. The van der Waals surface area contributed by atoms with Crippen molar-refractivity contribution in [2.75, 3.05) is 25.2 Å². The minimum Gasteiger partial charge on any atom is -0.345 e. The van der Waals surface area contributed by atoms with Crippen LogP contribution in [0.5, 0.6) is 0 Å². The van der Waals surface area contributed by atoms with Gasteiger partial charge in [-0.15, -0.1) is 5.10 Å². The van der Waals surface area contributed by atoms with Gasteiger partial charge in [-0.2, -0.15) is 0 Å². The van der Waals surface area contributed by atoms with Crippen molar-refractivity contribution in [3.05, 3.63) is 65.6 Å². The molecule has 0 radical (unpaired) electrons. The first-order valence-corrected chi connectivity index (χ1v) is 13.6. The Bertz CT molecular complexity index is 1320. The number of imidazole rings is 1. The number of fused-ring (bicyclic) bond motifs is 1. The Kier molecular flexibility index (Phi) is 6.74. The fraction of sp³-hybridized carbons (Fsp3) is 0.448. The monoisotopic (exact) mass is 496 g/mol. The van der Waals surface area contributed by atoms with Crippen LogP contribution in [0.3, 0.4) is 0 Å². The van der Waals surface area contributed by atoms with Crippen molar-refractivity contribution < 1.29 is 0 Å². The highest BCUT2D eigenvalue weighted by Crippen LogP contribution is 2.34. The van der Waals surface area contributed by atoms with Crippen LogP contribution in [0.25, 0.3) is 22.5 Å². The first-order chi connectivity index (χ1) is 18.2. The van der Waals surface area contributed by atoms with Gasteiger partial charge in [-0.05, 0) is 52.3 Å². The highest BCUT2D eigenvalue weighted by molar-refractivity contribution is 5.80. The Balaban J connectivity index is 1.28. The van der Waals surface area contributed by atoms with Gasteiger partial charge >= 0.3 is 0 Å². The third kappa shape index (κ3) is 5.16. The maximum absolute atomic E-state index is 5.17. The molecule has 37 heavy (non-hydrogen) atoms. The van der Waals surface area contributed by atoms with Crippen molar-refractivity contribution in [3.8, 4) is 22.5 Å². The second-order valence-electron chi connectivity index (χ2n) is 10.6. The lowest BCUT2D eigenvalue weighted by Crippen LogP contribution is -2.41. The number of nitrogens with zero attached hydrogens (tertiary/aromatic N) is 7. The number of H-pyrrole nitrogens is 1. The quantitative estimate of drug-likeness (QED) is 0.307. The predicted molar refractivity (Wildman–Crippen MR) is 146 cm³/mol. The van der Waals surface area contributed by atoms with E-state index in [4.69, 9.17) is 4.98 Å². The molecular formula is C29H36N8. The van der Waals surface area contributed by atoms with Gasteiger partial charge in [-0.25, -0.2) is 10.1 Å². The zero-order valence-corrected chi connectivity index (χ0v) is 21.9. The molecule has 6 rings (SSSR count). The lowest BCUT2D eigenvalue weighted by Gasteiger charge is -2.34. The summed E-state index contributed by atoms with van der Waals surface area (Å²) < 4.78 is 2.50. The Morgan fingerprint density at radius 1 is 1.00 bits per heavy atom. The van der Waals surface area contributed by atoms with E-state index >= 15 is 0 Å². The average Bonchev–Trinajstić information content (AvgIpc) is 3.42. The summed E-state index contributed by atoms with van der Waals surface area (Å²) in [5.41, 5.74) is 5.93. The molecular weight excluding hydrogens is 460 g/mol. The summed E-state index contributed by atoms with van der Waals surface area (Å²) in [4.78, 5) is 10.1. The summed E-state index contributed by atoms with van der Waals surface area (Å²) in [6.45, 7) is 6.29. The highest BCUT2D eigenvalue weighted by atomic mass is 15.5. The van der Waals surface area contributed by atoms with Crippen molar-refractivity contribution in [2.24, 2.45) is 5.92 Å². The predicted octanol–water partition coefficient (Wildman–Crippen LogP) is 5.13. The molecule has 0 bridgehead atoms. The molecule has 192 valence electrons. The lowest BCUT2D eigenvalue weighted by molar-refractivity contribution is 0.239. The summed E-state index contributed by atoms with van der Waals surface area (Å²) in [5, 5.41) is 14.5. The molecule has 2 aromatic carbocycles. The number of unbranched alkanes of at least 4 members (excludes halogenated alkanes) is 2. The molecule has 2 aromatic heterocycles. The third-order valence-corrected chi connectivity index (χ3v) is 7.63. The standard InChI is InChI=1S/C29H36N8/c1-3-4-5-10-27-30-29-26(19-36(20-35(29)2)17-21-11-12-21)37(27)18-22-13-15-23(16-14-22)24-8-6-7-9-25(24)28-31-33-34-32-28/h6-9,13-16,21H,3-5,10-12,17-20H2,1-2H3,(H,31,32,33,34). The van der Waals surface area contributed by atoms with Gasteiger partial charge in [0.2, 0.25) is 0 Å². The average molecular weight is 497 g/mol. The first kappa shape index (κ1) is 23.9. The zero-order valence-electron chi connectivity index (χ0n) is 21.9. The number of anilines is 1. The van der Waals surface area contributed by atoms with Crippen molar-refractivity contribution in [3.63, 3.8) is 0 Å². The number of hydrogen-bond acceptors (Lipinski definition) is 6. The van der Waals surface area contributed by atoms with Gasteiger partial charge in [-0.1, -0.05) is 68.3 Å². The molecule has 0 atom stereocenters. The van der Waals surface area contributed by atoms with Crippen LogP contribution < -0.4 is 4.90 Å². The number of aromatic amines is 1. The fourth-order valence-electron chi connectivity index (χ4n) is 5.50. The zero-order chi connectivity index (χ0) is 25.2. The highest BCUT2D eigenvalue weighted by Gasteiger charge is 2.31. The summed E-state index contributed by atoms with van der Waals surface area (Å²) in [7, 11) is 2.20. The van der Waals surface area contributed by atoms with Crippen LogP contribution in [-0.4, -0.2) is 55.3 Å². The fourth-order valence-corrected chi connectivity index (χ4v) is 5.50. The molecule has 8 nitrogen and oxygen atoms in total. The second-order valence-corrected chi connectivity index (χ2v) is 10.6. The number of aryl methyl sites for hydroxylation is 1. The van der Waals surface area contributed by atoms with Crippen LogP contribution in [0.15, 0.2) is 48.5 Å². The number of nitrogens with one attached hydrogen (secondary N) is 1. The van der Waals surface area contributed by atoms with E-state index in [1.807, 2.05) is 6.07 Å². The van der Waals surface area contributed by atoms with E-state index in [9.17, 15) is 0 Å². The van der Waals surface area contributed by atoms with Crippen molar-refractivity contribution in [2.45, 2.75) is 58.5 Å². The normalized spacial score (nSPS) is 15.8. The molecule has 0 amide bonds. The first-order valence-electron chi connectivity index (χ1n) is 13.6. The molecule has 0 spiro atoms. The van der Waals surface area contributed by atoms with Gasteiger partial charge < -0.3 is 9.47 Å². The summed E-state index contributed by atoms with van der Waals surface area (Å²) in [6.07, 6.45) is 7.47. The van der Waals surface area contributed by atoms with Gasteiger partial charge in [-0.3, -0.25) is 4.90 Å². The number of aromatic nitrogens is 6. The Labute approximate surface area is 218 Å². The summed E-state index contributed by atoms with van der Waals surface area (Å²) in [5.74, 6) is 3.97. The molecule has 1 saturated carbocycles. The van der Waals surface area contributed by atoms with E-state index in [-0.39, 0.29) is 0 Å². The minimum atomic E-state index is 0.682. The van der Waals surface area contributed by atoms with Crippen LogP contribution in [0.4, 0.5) is 5.82 Å². The summed E-state index contributed by atoms with van der Waals surface area (Å²) in [6, 6.07) is 17.2. The van der Waals surface area contributed by atoms with Crippen LogP contribution >= 0.6 is 0 Å². The topological polar surface area (TPSA) is 78.8 Å². The maximum Gasteiger partial charge on any atom is 0.180 e. The molecule has 0 unspecified atom stereocenters. The van der Waals surface area contributed by atoms with Gasteiger partial charge in [0.15, 0.2) is 11.6 Å². The van der Waals surface area contributed by atoms with Gasteiger partial charge in [0, 0.05) is 38.7 Å². The number of rotatable bonds is 10. The van der Waals surface area contributed by atoms with Gasteiger partial charge in [0.25, 0.3) is 0 Å². The van der Waals surface area contributed by atoms with Crippen molar-refractivity contribution in [1.82, 2.24) is 35.1 Å². The Morgan fingerprint density at radius 2 is 1.81 bits per heavy atom. The molecule has 4 aromatic rings. The Morgan fingerprint density at radius 3 is 2.54 bits per heavy atom. The van der Waals surface area contributed by atoms with Crippen LogP contribution in [0.1, 0.15) is 56.1 Å². The maximum atomic E-state index is 5.17. The van der Waals surface area contributed by atoms with E-state index in [0.717, 1.165) is 48.8 Å². The number of tetrazole rings is 1. The van der Waals surface area contributed by atoms with E-state index < -0.39 is 0 Å². The molecule has 0 saturated heterocycles. The van der Waals surface area contributed by atoms with E-state index in [1.54, 1.807) is 0 Å². The van der Waals surface area contributed by atoms with E-state index in [0.29, 0.717) is 5.82 Å². The van der Waals surface area contributed by atoms with E-state index in [1.165, 1.54) is 61.5 Å². The molecule has 1 aliphatic carbocycles. The Hall–Kier alpha value is -3.52. The number of benzene rings is 2. The minimum absolute atomic E-state index is 0.682. The van der Waals surface area contributed by atoms with Crippen molar-refractivity contribution in [1.29, 1.82) is 0 Å². The molecule has 1 aliphatic heterocycles. The second kappa shape index (κ2) is 10.5. The van der Waals surface area contributed by atoms with Crippen molar-refractivity contribution >= 4 is 5.82 Å². The smallest absolute Gasteiger partial charge is 0.180 e. The van der Waals surface area contributed by atoms with Gasteiger partial charge in [0.05, 0.1) is 12.4 Å². The van der Waals surface area contributed by atoms with Crippen LogP contribution in [0.2, 0.25) is 0 Å². The third-order valence-electron chi connectivity index (χ3n) is 7.63. The number of hydrogen-bond donors (Lipinski definition) is 1. The van der Waals surface area contributed by atoms with E-state index in [2.05, 4.69) is 91.4 Å². The molecule has 1 fully saturated rings. The van der Waals surface area contributed by atoms with Crippen LogP contribution in [0, 0.1) is 5.92 Å². The summed E-state index contributed by atoms with van der Waals surface area (Å²) >= 11 is 0. The lowest BCUT2D eigenvalue weighted by atomic mass is 9.98. The SMILES string of the molecule is CCCCCc1nc2c(n1Cc1ccc(-c3ccccc3-c3nnn[nH]3)cc1)CN(CC1CC1)CN2C. The van der Waals surface area contributed by atoms with Crippen LogP contribution in [-0.2, 0) is 19.5 Å². The molecule has 3 heterocycles. The molecule has 8 heteroatoms.